The molecule has 1 unspecified atom stereocenters. The molecule has 0 aliphatic carbocycles. The molecule has 1 saturated heterocycles. The van der Waals surface area contributed by atoms with Gasteiger partial charge in [0.1, 0.15) is 29.7 Å². The predicted molar refractivity (Wildman–Crippen MR) is 89.7 cm³/mol. The first-order chi connectivity index (χ1) is 11.8. The molecular weight excluding hydrogens is 348 g/mol. The zero-order valence-corrected chi connectivity index (χ0v) is 14.7. The molecule has 2 rings (SSSR count). The van der Waals surface area contributed by atoms with Crippen LogP contribution in [0.1, 0.15) is 19.4 Å². The molecule has 0 saturated carbocycles. The highest BCUT2D eigenvalue weighted by Crippen LogP contribution is 2.21. The number of nitrogens with one attached hydrogen (secondary N) is 1. The maximum atomic E-state index is 12.4. The molecular formula is C16H20N2O6S. The Kier molecular flexibility index (Phi) is 6.13. The third kappa shape index (κ3) is 4.56. The van der Waals surface area contributed by atoms with E-state index in [1.54, 1.807) is 38.1 Å². The van der Waals surface area contributed by atoms with Gasteiger partial charge in [0.15, 0.2) is 0 Å². The number of nitrogens with zero attached hydrogens (tertiary/aromatic N) is 1. The third-order valence-electron chi connectivity index (χ3n) is 3.69. The van der Waals surface area contributed by atoms with Gasteiger partial charge in [0.2, 0.25) is 0 Å². The van der Waals surface area contributed by atoms with Gasteiger partial charge >= 0.3 is 12.1 Å². The van der Waals surface area contributed by atoms with E-state index in [4.69, 9.17) is 4.74 Å². The molecule has 1 fully saturated rings. The lowest BCUT2D eigenvalue weighted by Crippen LogP contribution is -2.49. The van der Waals surface area contributed by atoms with Crippen LogP contribution in [0.2, 0.25) is 0 Å². The van der Waals surface area contributed by atoms with Crippen molar-refractivity contribution in [1.29, 1.82) is 0 Å². The zero-order chi connectivity index (χ0) is 18.6. The SMILES string of the molecule is CC(C)[C@H](C(=O)O)N1C(=O)[C@@H](NC(=O)OCc2ccccc2)CS1=O. The number of amides is 2. The lowest BCUT2D eigenvalue weighted by atomic mass is 10.0. The molecule has 1 aliphatic rings. The second kappa shape index (κ2) is 8.11. The molecule has 1 aromatic carbocycles. The van der Waals surface area contributed by atoms with Gasteiger partial charge in [-0.3, -0.25) is 4.79 Å². The van der Waals surface area contributed by atoms with Gasteiger partial charge in [0.05, 0.1) is 5.75 Å². The van der Waals surface area contributed by atoms with Crippen molar-refractivity contribution in [3.05, 3.63) is 35.9 Å². The molecule has 3 atom stereocenters. The number of carboxylic acids is 1. The van der Waals surface area contributed by atoms with E-state index >= 15 is 0 Å². The minimum absolute atomic E-state index is 0.0319. The summed E-state index contributed by atoms with van der Waals surface area (Å²) in [6.45, 7) is 3.28. The van der Waals surface area contributed by atoms with Crippen LogP contribution in [0.5, 0.6) is 0 Å². The van der Waals surface area contributed by atoms with Crippen molar-refractivity contribution >= 4 is 29.0 Å². The maximum absolute atomic E-state index is 12.4. The second-order valence-electron chi connectivity index (χ2n) is 5.94. The fraction of sp³-hybridized carbons (Fsp3) is 0.438. The van der Waals surface area contributed by atoms with Crippen LogP contribution in [0, 0.1) is 5.92 Å². The van der Waals surface area contributed by atoms with E-state index in [0.29, 0.717) is 0 Å². The smallest absolute Gasteiger partial charge is 0.408 e. The lowest BCUT2D eigenvalue weighted by Gasteiger charge is -2.25. The van der Waals surface area contributed by atoms with Crippen molar-refractivity contribution in [3.63, 3.8) is 0 Å². The minimum atomic E-state index is -1.82. The molecule has 2 N–H and O–H groups in total. The summed E-state index contributed by atoms with van der Waals surface area (Å²) in [5.41, 5.74) is 0.784. The van der Waals surface area contributed by atoms with Gasteiger partial charge in [0.25, 0.3) is 5.91 Å². The Hall–Kier alpha value is -2.42. The van der Waals surface area contributed by atoms with E-state index in [-0.39, 0.29) is 12.4 Å². The monoisotopic (exact) mass is 368 g/mol. The van der Waals surface area contributed by atoms with Crippen molar-refractivity contribution in [2.75, 3.05) is 5.75 Å². The largest absolute Gasteiger partial charge is 0.480 e. The summed E-state index contributed by atoms with van der Waals surface area (Å²) in [4.78, 5) is 35.6. The first-order valence-electron chi connectivity index (χ1n) is 7.73. The number of ether oxygens (including phenoxy) is 1. The van der Waals surface area contributed by atoms with Gasteiger partial charge in [0, 0.05) is 0 Å². The van der Waals surface area contributed by atoms with Gasteiger partial charge in [-0.15, -0.1) is 0 Å². The average Bonchev–Trinajstić information content (AvgIpc) is 2.81. The Bertz CT molecular complexity index is 678. The molecule has 9 heteroatoms. The van der Waals surface area contributed by atoms with Crippen LogP contribution in [0.15, 0.2) is 30.3 Å². The number of carbonyl (C=O) groups excluding carboxylic acids is 2. The summed E-state index contributed by atoms with van der Waals surface area (Å²) in [5.74, 6) is -2.51. The van der Waals surface area contributed by atoms with Crippen LogP contribution in [-0.4, -0.2) is 49.4 Å². The third-order valence-corrected chi connectivity index (χ3v) is 5.15. The van der Waals surface area contributed by atoms with Gasteiger partial charge in [-0.2, -0.15) is 0 Å². The van der Waals surface area contributed by atoms with Crippen molar-refractivity contribution in [1.82, 2.24) is 9.62 Å². The molecule has 136 valence electrons. The minimum Gasteiger partial charge on any atom is -0.480 e. The first kappa shape index (κ1) is 18.9. The Morgan fingerprint density at radius 1 is 1.36 bits per heavy atom. The molecule has 1 aromatic rings. The molecule has 0 radical (unpaired) electrons. The van der Waals surface area contributed by atoms with Crippen LogP contribution >= 0.6 is 0 Å². The lowest BCUT2D eigenvalue weighted by molar-refractivity contribution is -0.147. The summed E-state index contributed by atoms with van der Waals surface area (Å²) in [6.07, 6.45) is -0.822. The highest BCUT2D eigenvalue weighted by molar-refractivity contribution is 7.83. The van der Waals surface area contributed by atoms with E-state index in [1.807, 2.05) is 6.07 Å². The van der Waals surface area contributed by atoms with Crippen LogP contribution in [0.25, 0.3) is 0 Å². The number of benzene rings is 1. The van der Waals surface area contributed by atoms with Gasteiger partial charge in [-0.1, -0.05) is 44.2 Å². The number of carboxylic acid groups (broad SMARTS) is 1. The molecule has 25 heavy (non-hydrogen) atoms. The summed E-state index contributed by atoms with van der Waals surface area (Å²) >= 11 is 0. The highest BCUT2D eigenvalue weighted by Gasteiger charge is 2.46. The number of hydrogen-bond donors (Lipinski definition) is 2. The van der Waals surface area contributed by atoms with E-state index in [1.165, 1.54) is 0 Å². The van der Waals surface area contributed by atoms with Gasteiger partial charge in [-0.25, -0.2) is 18.1 Å². The Morgan fingerprint density at radius 3 is 2.56 bits per heavy atom. The molecule has 0 bridgehead atoms. The second-order valence-corrected chi connectivity index (χ2v) is 7.31. The molecule has 0 spiro atoms. The molecule has 8 nitrogen and oxygen atoms in total. The quantitative estimate of drug-likeness (QED) is 0.771. The number of hydrogen-bond acceptors (Lipinski definition) is 5. The number of carbonyl (C=O) groups is 3. The Balaban J connectivity index is 1.97. The van der Waals surface area contributed by atoms with Crippen molar-refractivity contribution in [2.24, 2.45) is 5.92 Å². The summed E-state index contributed by atoms with van der Waals surface area (Å²) < 4.78 is 18.0. The maximum Gasteiger partial charge on any atom is 0.408 e. The van der Waals surface area contributed by atoms with Crippen molar-refractivity contribution < 1.29 is 28.4 Å². The molecule has 2 amide bonds. The van der Waals surface area contributed by atoms with Crippen LogP contribution in [0.3, 0.4) is 0 Å². The fourth-order valence-electron chi connectivity index (χ4n) is 2.48. The number of alkyl carbamates (subject to hydrolysis) is 1. The Morgan fingerprint density at radius 2 is 2.00 bits per heavy atom. The molecule has 1 aliphatic heterocycles. The topological polar surface area (TPSA) is 113 Å². The number of rotatable bonds is 6. The van der Waals surface area contributed by atoms with Gasteiger partial charge < -0.3 is 15.2 Å². The highest BCUT2D eigenvalue weighted by atomic mass is 32.2. The average molecular weight is 368 g/mol. The Labute approximate surface area is 147 Å². The summed E-state index contributed by atoms with van der Waals surface area (Å²) in [6, 6.07) is 6.73. The van der Waals surface area contributed by atoms with Gasteiger partial charge in [-0.05, 0) is 11.5 Å². The first-order valence-corrected chi connectivity index (χ1v) is 9.00. The van der Waals surface area contributed by atoms with E-state index in [2.05, 4.69) is 5.32 Å². The van der Waals surface area contributed by atoms with Crippen LogP contribution < -0.4 is 5.32 Å². The number of aliphatic carboxylic acids is 1. The van der Waals surface area contributed by atoms with Crippen LogP contribution in [-0.2, 0) is 31.9 Å². The van der Waals surface area contributed by atoms with Crippen molar-refractivity contribution in [3.8, 4) is 0 Å². The summed E-state index contributed by atoms with van der Waals surface area (Å²) in [7, 11) is -1.82. The molecule has 0 aromatic heterocycles. The predicted octanol–water partition coefficient (Wildman–Crippen LogP) is 0.896. The fourth-order valence-corrected chi connectivity index (χ4v) is 4.07. The zero-order valence-electron chi connectivity index (χ0n) is 13.9. The standard InChI is InChI=1S/C16H20N2O6S/c1-10(2)13(15(20)21)18-14(19)12(9-25(18)23)17-16(22)24-8-11-6-4-3-5-7-11/h3-7,10,12-13H,8-9H2,1-2H3,(H,17,22)(H,20,21)/t12-,13+,25?/m0/s1. The van der Waals surface area contributed by atoms with E-state index in [9.17, 15) is 23.7 Å². The normalized spacial score (nSPS) is 21.2. The van der Waals surface area contributed by atoms with Crippen molar-refractivity contribution in [2.45, 2.75) is 32.5 Å². The van der Waals surface area contributed by atoms with E-state index < -0.39 is 47.0 Å². The molecule has 1 heterocycles. The summed E-state index contributed by atoms with van der Waals surface area (Å²) in [5, 5.41) is 11.6. The van der Waals surface area contributed by atoms with Crippen LogP contribution in [0.4, 0.5) is 4.79 Å². The van der Waals surface area contributed by atoms with E-state index in [0.717, 1.165) is 9.87 Å².